The van der Waals surface area contributed by atoms with Gasteiger partial charge in [-0.15, -0.1) is 0 Å². The zero-order valence-electron chi connectivity index (χ0n) is 55.5. The molecule has 0 bridgehead atoms. The molecule has 1 rings (SSSR count). The summed E-state index contributed by atoms with van der Waals surface area (Å²) in [7, 11) is 0. The molecule has 0 saturated heterocycles. The monoisotopic (exact) mass is 1290 g/mol. The zero-order chi connectivity index (χ0) is 56.5. The normalized spacial score (nSPS) is 5.62. The van der Waals surface area contributed by atoms with Crippen LogP contribution in [0.5, 0.6) is 0 Å². The molecule has 0 saturated carbocycles. The van der Waals surface area contributed by atoms with Crippen molar-refractivity contribution in [3.05, 3.63) is 56.2 Å². The minimum Gasteiger partial charge on any atom is -0.0447 e. The minimum atomic E-state index is 0. The van der Waals surface area contributed by atoms with E-state index in [1.807, 2.05) is 270 Å². The predicted octanol–water partition coefficient (Wildman–Crippen LogP) is 32.1. The van der Waals surface area contributed by atoms with Crippen molar-refractivity contribution >= 4 is 3.90 Å². The Morgan fingerprint density at radius 2 is 0.338 bits per heavy atom. The van der Waals surface area contributed by atoms with Crippen molar-refractivity contribution in [1.29, 1.82) is 0 Å². The number of hydrogen-bond donors (Lipinski definition) is 0. The number of hydrogen-bond acceptors (Lipinski definition) is 0. The van der Waals surface area contributed by atoms with E-state index in [1.54, 1.807) is 19.4 Å². The van der Waals surface area contributed by atoms with Crippen molar-refractivity contribution in [1.82, 2.24) is 0 Å². The van der Waals surface area contributed by atoms with Crippen molar-refractivity contribution in [2.24, 2.45) is 0 Å². The Labute approximate surface area is 517 Å². The van der Waals surface area contributed by atoms with Crippen LogP contribution in [0.4, 0.5) is 0 Å². The van der Waals surface area contributed by atoms with Gasteiger partial charge in [-0.1, -0.05) is 330 Å². The van der Waals surface area contributed by atoms with E-state index in [9.17, 15) is 0 Å². The first-order valence-corrected chi connectivity index (χ1v) is 28.7. The van der Waals surface area contributed by atoms with E-state index >= 15 is 0 Å². The van der Waals surface area contributed by atoms with Gasteiger partial charge in [0.05, 0.1) is 0 Å². The van der Waals surface area contributed by atoms with Gasteiger partial charge in [0.25, 0.3) is 0 Å². The van der Waals surface area contributed by atoms with Crippen LogP contribution in [-0.4, -0.2) is 3.90 Å². The molecule has 1 radical (unpaired) electrons. The Bertz CT molecular complexity index is 572. The van der Waals surface area contributed by atoms with Gasteiger partial charge in [0.2, 0.25) is 0 Å². The molecule has 0 fully saturated rings. The summed E-state index contributed by atoms with van der Waals surface area (Å²) in [6.07, 6.45) is 3.16. The SMILES string of the molecule is C.C.C.C.C.C.C.C.C.CC.CC.CC.CC.CC.CC.CC.CC.CC.CC.CC.CC.CC.CC.CC.CC.CC.CC.CC.C[C-]=C(C)C(C)=C(C)[C](C)=[W].Cc1c(C)c(C)c(C)c(C)c1C.[2HH].[2HH].[Y]. The molecular formula is C69H187WY-. The van der Waals surface area contributed by atoms with Crippen molar-refractivity contribution < 1.29 is 54.9 Å². The molecule has 1 aromatic rings. The van der Waals surface area contributed by atoms with Gasteiger partial charge in [0.15, 0.2) is 0 Å². The topological polar surface area (TPSA) is 0 Å². The summed E-state index contributed by atoms with van der Waals surface area (Å²) < 4.78 is 1.47. The van der Waals surface area contributed by atoms with Crippen LogP contribution in [-0.2, 0) is 52.1 Å². The van der Waals surface area contributed by atoms with E-state index in [0.717, 1.165) is 0 Å². The maximum absolute atomic E-state index is 3.16. The first kappa shape index (κ1) is 207. The molecule has 0 heterocycles. The Balaban J connectivity index is -0.00000000855. The van der Waals surface area contributed by atoms with Crippen molar-refractivity contribution in [2.75, 3.05) is 0 Å². The predicted molar refractivity (Wildman–Crippen MR) is 382 cm³/mol. The maximum atomic E-state index is 3.16. The molecule has 2 heteroatoms. The fourth-order valence-corrected chi connectivity index (χ4v) is 2.97. The molecule has 0 aromatic heterocycles. The second-order valence-electron chi connectivity index (χ2n) is 6.43. The van der Waals surface area contributed by atoms with Crippen LogP contribution in [0.25, 0.3) is 0 Å². The second kappa shape index (κ2) is 344. The second-order valence-corrected chi connectivity index (χ2v) is 8.63. The Hall–Kier alpha value is 0.362. The number of allylic oxidation sites excluding steroid dienone is 4. The first-order valence-electron chi connectivity index (χ1n) is 27.2. The first-order chi connectivity index (χ1) is 29.5. The zero-order valence-corrected chi connectivity index (χ0v) is 61.3. The molecule has 0 amide bonds. The van der Waals surface area contributed by atoms with Crippen LogP contribution in [0.1, 0.15) is 401 Å². The van der Waals surface area contributed by atoms with E-state index in [0.29, 0.717) is 0 Å². The fraction of sp³-hybridized carbons (Fsp3) is 0.841. The summed E-state index contributed by atoms with van der Waals surface area (Å²) in [5.74, 6) is 0. The van der Waals surface area contributed by atoms with Crippen molar-refractivity contribution in [2.45, 2.75) is 406 Å². The molecule has 0 aliphatic carbocycles. The average Bonchev–Trinajstić information content (AvgIpc) is 3.42. The molecule has 0 atom stereocenters. The summed E-state index contributed by atoms with van der Waals surface area (Å²) >= 11 is 1.56. The minimum absolute atomic E-state index is 0. The van der Waals surface area contributed by atoms with E-state index in [1.165, 1.54) is 54.0 Å². The van der Waals surface area contributed by atoms with Crippen LogP contribution in [0, 0.1) is 47.6 Å². The number of benzene rings is 1. The van der Waals surface area contributed by atoms with Crippen molar-refractivity contribution in [3.63, 3.8) is 0 Å². The van der Waals surface area contributed by atoms with Gasteiger partial charge in [0, 0.05) is 35.6 Å². The Morgan fingerprint density at radius 1 is 0.254 bits per heavy atom. The molecule has 71 heavy (non-hydrogen) atoms. The summed E-state index contributed by atoms with van der Waals surface area (Å²) in [6, 6.07) is 0. The van der Waals surface area contributed by atoms with Gasteiger partial charge in [-0.2, -0.15) is 0 Å². The molecule has 0 nitrogen and oxygen atoms in total. The van der Waals surface area contributed by atoms with Gasteiger partial charge < -0.3 is 0 Å². The molecule has 0 aliphatic rings. The third-order valence-electron chi connectivity index (χ3n) is 5.40. The molecular weight excluding hydrogens is 1100 g/mol. The fourth-order valence-electron chi connectivity index (χ4n) is 2.42. The van der Waals surface area contributed by atoms with Gasteiger partial charge >= 0.3 is 80.7 Å². The molecule has 0 spiro atoms. The van der Waals surface area contributed by atoms with Crippen LogP contribution in [0.3, 0.4) is 0 Å². The van der Waals surface area contributed by atoms with Crippen LogP contribution in [0.2, 0.25) is 0 Å². The Kier molecular flexibility index (Phi) is 1000. The van der Waals surface area contributed by atoms with Crippen LogP contribution in [0.15, 0.2) is 16.7 Å². The van der Waals surface area contributed by atoms with Gasteiger partial charge in [-0.25, -0.2) is 0 Å². The average molecular weight is 1290 g/mol. The van der Waals surface area contributed by atoms with Crippen molar-refractivity contribution in [3.8, 4) is 0 Å². The third-order valence-corrected chi connectivity index (χ3v) is 6.50. The summed E-state index contributed by atoms with van der Waals surface area (Å²) in [5.41, 5.74) is 12.8. The molecule has 0 unspecified atom stereocenters. The summed E-state index contributed by atoms with van der Waals surface area (Å²) in [6.45, 7) is 99.9. The maximum Gasteiger partial charge on any atom is 0 e. The van der Waals surface area contributed by atoms with Crippen LogP contribution >= 0.6 is 0 Å². The van der Waals surface area contributed by atoms with E-state index < -0.39 is 0 Å². The largest absolute Gasteiger partial charge is 0.0447 e. The molecule has 1 aromatic carbocycles. The van der Waals surface area contributed by atoms with E-state index in [-0.39, 0.29) is 102 Å². The van der Waals surface area contributed by atoms with E-state index in [2.05, 4.69) is 75.3 Å². The Morgan fingerprint density at radius 3 is 0.394 bits per heavy atom. The standard InChI is InChI=1S/C12H18.C10H15.19C2H6.9CH4.W.Y.2H2/c1-7-8(2)10(4)12(6)11(5)9(7)3;1-6-8(3)10(5)9(4)7-2;19*1-2;;;;;;;;;;;;;/h1-6H3;1-5H3;19*1-2H3;9*1H4;;;2*1H/q;-1;;;;;;;;;;;;;;;;;;;;;;;;;;;;;;;;/i;;;;;;;;;;;;;;;;;;;;;;;;;;;;;;;;2*1+1. The van der Waals surface area contributed by atoms with Gasteiger partial charge in [-0.3, -0.25) is 0 Å². The molecule has 473 valence electrons. The summed E-state index contributed by atoms with van der Waals surface area (Å²) in [4.78, 5) is 0. The quantitative estimate of drug-likeness (QED) is 0.205. The van der Waals surface area contributed by atoms with Gasteiger partial charge in [0.1, 0.15) is 0 Å². The summed E-state index contributed by atoms with van der Waals surface area (Å²) in [5, 5.41) is 0. The smallest absolute Gasteiger partial charge is 0 e. The molecule has 0 aliphatic heterocycles. The van der Waals surface area contributed by atoms with Gasteiger partial charge in [-0.05, 0) is 74.9 Å². The molecule has 0 N–H and O–H groups in total. The number of rotatable bonds is 2. The third kappa shape index (κ3) is 223. The van der Waals surface area contributed by atoms with Crippen LogP contribution < -0.4 is 0 Å². The van der Waals surface area contributed by atoms with E-state index in [4.69, 9.17) is 0 Å².